The summed E-state index contributed by atoms with van der Waals surface area (Å²) in [6.45, 7) is 5.32. The third-order valence-corrected chi connectivity index (χ3v) is 5.42. The Morgan fingerprint density at radius 2 is 2.14 bits per heavy atom. The molecule has 1 aliphatic rings. The van der Waals surface area contributed by atoms with Gasteiger partial charge in [0, 0.05) is 24.7 Å². The molecule has 0 N–H and O–H groups in total. The van der Waals surface area contributed by atoms with Crippen molar-refractivity contribution >= 4 is 43.9 Å². The van der Waals surface area contributed by atoms with Crippen LogP contribution in [0.15, 0.2) is 17.6 Å². The zero-order valence-corrected chi connectivity index (χ0v) is 13.4. The van der Waals surface area contributed by atoms with Crippen molar-refractivity contribution in [1.29, 1.82) is 0 Å². The number of hydrogen-bond acceptors (Lipinski definition) is 5. The lowest BCUT2D eigenvalue weighted by Gasteiger charge is -2.35. The minimum absolute atomic E-state index is 0.0870. The minimum atomic E-state index is 0.0870. The van der Waals surface area contributed by atoms with Crippen LogP contribution in [0.3, 0.4) is 0 Å². The normalized spacial score (nSPS) is 23.2. The van der Waals surface area contributed by atoms with Gasteiger partial charge in [-0.1, -0.05) is 0 Å². The van der Waals surface area contributed by atoms with E-state index >= 15 is 0 Å². The lowest BCUT2D eigenvalue weighted by Crippen LogP contribution is -2.48. The fourth-order valence-corrected chi connectivity index (χ4v) is 4.62. The molecule has 1 saturated heterocycles. The van der Waals surface area contributed by atoms with Gasteiger partial charge in [0.2, 0.25) is 0 Å². The van der Waals surface area contributed by atoms with Crippen LogP contribution in [-0.4, -0.2) is 45.5 Å². The molecule has 2 unspecified atom stereocenters. The van der Waals surface area contributed by atoms with Gasteiger partial charge in [-0.05, 0) is 19.9 Å². The quantitative estimate of drug-likeness (QED) is 0.692. The molecule has 2 atom stereocenters. The molecule has 0 bridgehead atoms. The van der Waals surface area contributed by atoms with E-state index in [1.54, 1.807) is 11.3 Å². The molecule has 1 fully saturated rings. The Morgan fingerprint density at radius 1 is 1.38 bits per heavy atom. The van der Waals surface area contributed by atoms with Crippen molar-refractivity contribution in [2.75, 3.05) is 13.1 Å². The minimum Gasteiger partial charge on any atom is -0.372 e. The van der Waals surface area contributed by atoms with Gasteiger partial charge >= 0.3 is 0 Å². The van der Waals surface area contributed by atoms with E-state index in [1.807, 2.05) is 40.8 Å². The van der Waals surface area contributed by atoms with Gasteiger partial charge in [-0.25, -0.2) is 4.98 Å². The van der Waals surface area contributed by atoms with Crippen molar-refractivity contribution in [3.05, 3.63) is 22.5 Å². The average Bonchev–Trinajstić information content (AvgIpc) is 3.07. The van der Waals surface area contributed by atoms with E-state index in [-0.39, 0.29) is 18.1 Å². The van der Waals surface area contributed by atoms with Gasteiger partial charge < -0.3 is 9.64 Å². The van der Waals surface area contributed by atoms with Gasteiger partial charge in [0.15, 0.2) is 4.96 Å². The van der Waals surface area contributed by atoms with Gasteiger partial charge in [-0.15, -0.1) is 22.7 Å². The summed E-state index contributed by atoms with van der Waals surface area (Å²) in [5.74, 6) is 0.0870. The van der Waals surface area contributed by atoms with Crippen LogP contribution in [0.1, 0.15) is 23.5 Å². The molecule has 1 aliphatic heterocycles. The fraction of sp³-hybridized carbons (Fsp3) is 0.429. The summed E-state index contributed by atoms with van der Waals surface area (Å²) in [6, 6.07) is 1.96. The van der Waals surface area contributed by atoms with Gasteiger partial charge in [0.05, 0.1) is 22.6 Å². The number of imidazole rings is 1. The van der Waals surface area contributed by atoms with Crippen molar-refractivity contribution in [3.8, 4) is 0 Å². The van der Waals surface area contributed by atoms with Gasteiger partial charge in [0.25, 0.3) is 5.91 Å². The Hall–Kier alpha value is -1.44. The number of nitrogens with zero attached hydrogens (tertiary/aromatic N) is 3. The number of carbonyl (C=O) groups excluding carboxylic acids is 1. The molecular weight excluding hydrogens is 306 g/mol. The first-order chi connectivity index (χ1) is 10.1. The van der Waals surface area contributed by atoms with Gasteiger partial charge in [0.1, 0.15) is 4.83 Å². The Balaban J connectivity index is 1.68. The first-order valence-corrected chi connectivity index (χ1v) is 8.61. The molecule has 0 aromatic carbocycles. The Labute approximate surface area is 129 Å². The second-order valence-electron chi connectivity index (χ2n) is 5.44. The van der Waals surface area contributed by atoms with Crippen LogP contribution in [0.5, 0.6) is 0 Å². The number of rotatable bonds is 1. The number of thiazole rings is 1. The van der Waals surface area contributed by atoms with E-state index in [0.717, 1.165) is 20.2 Å². The molecule has 7 heteroatoms. The van der Waals surface area contributed by atoms with E-state index in [2.05, 4.69) is 4.98 Å². The molecule has 0 radical (unpaired) electrons. The molecule has 3 aromatic rings. The van der Waals surface area contributed by atoms with Crippen LogP contribution >= 0.6 is 22.7 Å². The van der Waals surface area contributed by atoms with Crippen LogP contribution in [0, 0.1) is 0 Å². The summed E-state index contributed by atoms with van der Waals surface area (Å²) < 4.78 is 7.73. The topological polar surface area (TPSA) is 46.8 Å². The van der Waals surface area contributed by atoms with Crippen molar-refractivity contribution < 1.29 is 9.53 Å². The maximum absolute atomic E-state index is 12.7. The molecule has 5 nitrogen and oxygen atoms in total. The number of morpholine rings is 1. The van der Waals surface area contributed by atoms with Crippen LogP contribution in [0.4, 0.5) is 0 Å². The summed E-state index contributed by atoms with van der Waals surface area (Å²) in [7, 11) is 0. The molecule has 0 spiro atoms. The largest absolute Gasteiger partial charge is 0.372 e. The highest BCUT2D eigenvalue weighted by Gasteiger charge is 2.28. The van der Waals surface area contributed by atoms with Crippen molar-refractivity contribution in [2.45, 2.75) is 26.1 Å². The summed E-state index contributed by atoms with van der Waals surface area (Å²) in [5, 5.41) is 2.01. The highest BCUT2D eigenvalue weighted by molar-refractivity contribution is 7.21. The lowest BCUT2D eigenvalue weighted by molar-refractivity contribution is -0.0585. The van der Waals surface area contributed by atoms with E-state index in [9.17, 15) is 4.79 Å². The number of thiophene rings is 1. The molecule has 4 heterocycles. The van der Waals surface area contributed by atoms with Crippen LogP contribution < -0.4 is 0 Å². The molecule has 21 heavy (non-hydrogen) atoms. The van der Waals surface area contributed by atoms with E-state index in [4.69, 9.17) is 4.74 Å². The molecule has 0 saturated carbocycles. The Kier molecular flexibility index (Phi) is 3.02. The lowest BCUT2D eigenvalue weighted by atomic mass is 10.2. The Bertz CT molecular complexity index is 809. The summed E-state index contributed by atoms with van der Waals surface area (Å²) in [4.78, 5) is 21.8. The highest BCUT2D eigenvalue weighted by Crippen LogP contribution is 2.29. The van der Waals surface area contributed by atoms with Crippen LogP contribution in [0.25, 0.3) is 15.3 Å². The second kappa shape index (κ2) is 4.79. The first kappa shape index (κ1) is 13.2. The van der Waals surface area contributed by atoms with Crippen molar-refractivity contribution in [2.24, 2.45) is 0 Å². The molecule has 3 aromatic heterocycles. The number of carbonyl (C=O) groups is 1. The summed E-state index contributed by atoms with van der Waals surface area (Å²) >= 11 is 3.08. The summed E-state index contributed by atoms with van der Waals surface area (Å²) in [6.07, 6.45) is 2.17. The SMILES string of the molecule is CC1CN(C(=O)c2cc3c(nc4sccn43)s2)CC(C)O1. The molecule has 1 amide bonds. The van der Waals surface area contributed by atoms with Crippen molar-refractivity contribution in [1.82, 2.24) is 14.3 Å². The van der Waals surface area contributed by atoms with E-state index < -0.39 is 0 Å². The molecule has 4 rings (SSSR count). The standard InChI is InChI=1S/C14H15N3O2S2/c1-8-6-16(7-9(2)19-8)13(18)11-5-10-12(21-11)15-14-17(10)3-4-20-14/h3-5,8-9H,6-7H2,1-2H3. The maximum Gasteiger partial charge on any atom is 0.264 e. The third kappa shape index (κ3) is 2.16. The van der Waals surface area contributed by atoms with Gasteiger partial charge in [-0.2, -0.15) is 0 Å². The number of fused-ring (bicyclic) bond motifs is 3. The number of hydrogen-bond donors (Lipinski definition) is 0. The maximum atomic E-state index is 12.7. The monoisotopic (exact) mass is 321 g/mol. The second-order valence-corrected chi connectivity index (χ2v) is 7.34. The van der Waals surface area contributed by atoms with Gasteiger partial charge in [-0.3, -0.25) is 9.20 Å². The van der Waals surface area contributed by atoms with Crippen molar-refractivity contribution in [3.63, 3.8) is 0 Å². The van der Waals surface area contributed by atoms with E-state index in [1.165, 1.54) is 11.3 Å². The van der Waals surface area contributed by atoms with E-state index in [0.29, 0.717) is 13.1 Å². The number of aromatic nitrogens is 2. The Morgan fingerprint density at radius 3 is 2.90 bits per heavy atom. The fourth-order valence-electron chi connectivity index (χ4n) is 2.85. The third-order valence-electron chi connectivity index (χ3n) is 3.66. The zero-order valence-electron chi connectivity index (χ0n) is 11.8. The first-order valence-electron chi connectivity index (χ1n) is 6.91. The molecular formula is C14H15N3O2S2. The molecule has 110 valence electrons. The predicted molar refractivity (Wildman–Crippen MR) is 84.4 cm³/mol. The van der Waals surface area contributed by atoms with Crippen LogP contribution in [-0.2, 0) is 4.74 Å². The van der Waals surface area contributed by atoms with Crippen LogP contribution in [0.2, 0.25) is 0 Å². The summed E-state index contributed by atoms with van der Waals surface area (Å²) in [5.41, 5.74) is 1.02. The smallest absolute Gasteiger partial charge is 0.264 e. The number of ether oxygens (including phenoxy) is 1. The predicted octanol–water partition coefficient (Wildman–Crippen LogP) is 2.86. The highest BCUT2D eigenvalue weighted by atomic mass is 32.1. The molecule has 0 aliphatic carbocycles. The number of amides is 1. The zero-order chi connectivity index (χ0) is 14.6. The average molecular weight is 321 g/mol.